The molecule has 1 saturated heterocycles. The van der Waals surface area contributed by atoms with E-state index in [1.165, 1.54) is 19.2 Å². The number of halogens is 3. The van der Waals surface area contributed by atoms with Gasteiger partial charge in [0.05, 0.1) is 12.7 Å². The van der Waals surface area contributed by atoms with Crippen LogP contribution in [-0.2, 0) is 21.1 Å². The summed E-state index contributed by atoms with van der Waals surface area (Å²) in [6, 6.07) is 5.50. The van der Waals surface area contributed by atoms with Crippen molar-refractivity contribution in [2.45, 2.75) is 43.3 Å². The fourth-order valence-corrected chi connectivity index (χ4v) is 4.96. The molecule has 2 amide bonds. The fourth-order valence-electron chi connectivity index (χ4n) is 4.96. The number of rotatable bonds is 3. The maximum atomic E-state index is 13.0. The van der Waals surface area contributed by atoms with E-state index < -0.39 is 23.4 Å². The number of alkyl halides is 3. The van der Waals surface area contributed by atoms with Crippen molar-refractivity contribution >= 4 is 12.0 Å². The topological polar surface area (TPSA) is 58.6 Å². The minimum absolute atomic E-state index is 0.0303. The van der Waals surface area contributed by atoms with Crippen LogP contribution in [0.5, 0.6) is 0 Å². The van der Waals surface area contributed by atoms with E-state index in [-0.39, 0.29) is 23.2 Å². The van der Waals surface area contributed by atoms with Crippen LogP contribution in [-0.4, -0.2) is 42.6 Å². The number of alkyl carbamates (subject to hydrolysis) is 1. The number of piperidine rings is 1. The quantitative estimate of drug-likeness (QED) is 0.853. The highest BCUT2D eigenvalue weighted by atomic mass is 19.4. The molecular weight excluding hydrogens is 373 g/mol. The Balaban J connectivity index is 1.40. The molecule has 0 radical (unpaired) electrons. The van der Waals surface area contributed by atoms with Crippen LogP contribution < -0.4 is 5.32 Å². The van der Waals surface area contributed by atoms with Gasteiger partial charge in [-0.1, -0.05) is 18.2 Å². The molecule has 1 heterocycles. The Labute approximate surface area is 161 Å². The third-order valence-electron chi connectivity index (χ3n) is 6.55. The number of benzene rings is 1. The third kappa shape index (κ3) is 3.12. The van der Waals surface area contributed by atoms with Crippen LogP contribution in [0.2, 0.25) is 0 Å². The van der Waals surface area contributed by atoms with Gasteiger partial charge in [0.1, 0.15) is 0 Å². The van der Waals surface area contributed by atoms with Crippen molar-refractivity contribution in [3.05, 3.63) is 35.4 Å². The Bertz CT molecular complexity index is 819. The van der Waals surface area contributed by atoms with Crippen molar-refractivity contribution in [1.82, 2.24) is 10.2 Å². The summed E-state index contributed by atoms with van der Waals surface area (Å²) in [5.74, 6) is 0.0838. The normalized spacial score (nSPS) is 33.7. The predicted molar refractivity (Wildman–Crippen MR) is 94.5 cm³/mol. The van der Waals surface area contributed by atoms with Gasteiger partial charge in [0.25, 0.3) is 0 Å². The first kappa shape index (κ1) is 19.1. The number of fused-ring (bicyclic) bond motifs is 1. The Hall–Kier alpha value is -2.25. The zero-order chi connectivity index (χ0) is 20.3. The summed E-state index contributed by atoms with van der Waals surface area (Å²) < 4.78 is 43.7. The third-order valence-corrected chi connectivity index (χ3v) is 6.55. The van der Waals surface area contributed by atoms with E-state index in [9.17, 15) is 22.8 Å². The zero-order valence-electron chi connectivity index (χ0n) is 15.8. The SMILES string of the molecule is COC(=O)NC1(C)CC(C(=O)N2CC3CC3(c3cccc(C(F)(F)F)c3)C2)C1. The van der Waals surface area contributed by atoms with E-state index in [0.717, 1.165) is 12.5 Å². The van der Waals surface area contributed by atoms with Crippen molar-refractivity contribution in [2.24, 2.45) is 11.8 Å². The number of carbonyl (C=O) groups is 2. The molecule has 3 fully saturated rings. The molecule has 2 saturated carbocycles. The van der Waals surface area contributed by atoms with E-state index in [4.69, 9.17) is 0 Å². The minimum atomic E-state index is -4.37. The van der Waals surface area contributed by atoms with E-state index in [2.05, 4.69) is 10.1 Å². The van der Waals surface area contributed by atoms with Gasteiger partial charge >= 0.3 is 12.3 Å². The Morgan fingerprint density at radius 2 is 1.96 bits per heavy atom. The fraction of sp³-hybridized carbons (Fsp3) is 0.600. The molecule has 1 aromatic rings. The van der Waals surface area contributed by atoms with Crippen LogP contribution in [0, 0.1) is 11.8 Å². The molecule has 0 bridgehead atoms. The summed E-state index contributed by atoms with van der Waals surface area (Å²) in [6.07, 6.45) is -2.98. The lowest BCUT2D eigenvalue weighted by Crippen LogP contribution is -2.58. The molecule has 5 nitrogen and oxygen atoms in total. The zero-order valence-corrected chi connectivity index (χ0v) is 15.8. The van der Waals surface area contributed by atoms with Crippen LogP contribution >= 0.6 is 0 Å². The summed E-state index contributed by atoms with van der Waals surface area (Å²) in [5, 5.41) is 2.75. The molecule has 152 valence electrons. The van der Waals surface area contributed by atoms with Crippen molar-refractivity contribution in [1.29, 1.82) is 0 Å². The molecule has 0 aromatic heterocycles. The van der Waals surface area contributed by atoms with E-state index >= 15 is 0 Å². The average molecular weight is 396 g/mol. The van der Waals surface area contributed by atoms with E-state index in [0.29, 0.717) is 31.5 Å². The van der Waals surface area contributed by atoms with Crippen LogP contribution in [0.1, 0.15) is 37.3 Å². The lowest BCUT2D eigenvalue weighted by molar-refractivity contribution is -0.140. The van der Waals surface area contributed by atoms with Crippen LogP contribution in [0.3, 0.4) is 0 Å². The Kier molecular flexibility index (Phi) is 4.17. The molecule has 3 aliphatic rings. The van der Waals surface area contributed by atoms with Crippen molar-refractivity contribution in [3.63, 3.8) is 0 Å². The minimum Gasteiger partial charge on any atom is -0.453 e. The van der Waals surface area contributed by atoms with Gasteiger partial charge in [-0.3, -0.25) is 4.79 Å². The number of carbonyl (C=O) groups excluding carboxylic acids is 2. The van der Waals surface area contributed by atoms with Crippen LogP contribution in [0.25, 0.3) is 0 Å². The van der Waals surface area contributed by atoms with Crippen LogP contribution in [0.4, 0.5) is 18.0 Å². The van der Waals surface area contributed by atoms with Gasteiger partial charge in [-0.2, -0.15) is 13.2 Å². The highest BCUT2D eigenvalue weighted by Crippen LogP contribution is 2.60. The summed E-state index contributed by atoms with van der Waals surface area (Å²) in [6.45, 7) is 2.93. The van der Waals surface area contributed by atoms with Gasteiger partial charge in [0.15, 0.2) is 0 Å². The largest absolute Gasteiger partial charge is 0.453 e. The van der Waals surface area contributed by atoms with Gasteiger partial charge < -0.3 is 15.0 Å². The number of nitrogens with one attached hydrogen (secondary N) is 1. The van der Waals surface area contributed by atoms with Crippen LogP contribution in [0.15, 0.2) is 24.3 Å². The second-order valence-electron chi connectivity index (χ2n) is 8.64. The highest BCUT2D eigenvalue weighted by Gasteiger charge is 2.62. The number of likely N-dealkylation sites (tertiary alicyclic amines) is 1. The van der Waals surface area contributed by atoms with Crippen molar-refractivity contribution in [2.75, 3.05) is 20.2 Å². The molecular formula is C20H23F3N2O3. The summed E-state index contributed by atoms with van der Waals surface area (Å²) in [4.78, 5) is 26.0. The molecule has 0 spiro atoms. The summed E-state index contributed by atoms with van der Waals surface area (Å²) >= 11 is 0. The number of hydrogen-bond acceptors (Lipinski definition) is 3. The molecule has 2 unspecified atom stereocenters. The second-order valence-corrected chi connectivity index (χ2v) is 8.64. The molecule has 8 heteroatoms. The molecule has 1 N–H and O–H groups in total. The monoisotopic (exact) mass is 396 g/mol. The molecule has 2 aliphatic carbocycles. The lowest BCUT2D eigenvalue weighted by Gasteiger charge is -2.45. The Morgan fingerprint density at radius 1 is 1.25 bits per heavy atom. The standard InChI is InChI=1S/C20H23F3N2O3/c1-18(24-17(27)28-2)7-12(8-18)16(26)25-10-15-9-19(15,11-25)13-4-3-5-14(6-13)20(21,22)23/h3-6,12,15H,7-11H2,1-2H3,(H,24,27). The van der Waals surface area contributed by atoms with Crippen molar-refractivity contribution in [3.8, 4) is 0 Å². The molecule has 2 atom stereocenters. The first-order valence-electron chi connectivity index (χ1n) is 9.39. The molecule has 28 heavy (non-hydrogen) atoms. The van der Waals surface area contributed by atoms with E-state index in [1.54, 1.807) is 11.0 Å². The highest BCUT2D eigenvalue weighted by molar-refractivity contribution is 5.82. The number of ether oxygens (including phenoxy) is 1. The smallest absolute Gasteiger partial charge is 0.416 e. The van der Waals surface area contributed by atoms with Gasteiger partial charge in [0.2, 0.25) is 5.91 Å². The van der Waals surface area contributed by atoms with Gasteiger partial charge in [-0.25, -0.2) is 4.79 Å². The first-order valence-corrected chi connectivity index (χ1v) is 9.39. The number of amides is 2. The second kappa shape index (κ2) is 6.12. The molecule has 1 aromatic carbocycles. The van der Waals surface area contributed by atoms with Gasteiger partial charge in [-0.15, -0.1) is 0 Å². The molecule has 1 aliphatic heterocycles. The first-order chi connectivity index (χ1) is 13.1. The Morgan fingerprint density at radius 3 is 2.61 bits per heavy atom. The maximum Gasteiger partial charge on any atom is 0.416 e. The average Bonchev–Trinajstić information content (AvgIpc) is 3.19. The lowest BCUT2D eigenvalue weighted by atomic mass is 9.69. The van der Waals surface area contributed by atoms with Gasteiger partial charge in [-0.05, 0) is 43.7 Å². The van der Waals surface area contributed by atoms with Gasteiger partial charge in [0, 0.05) is 30.0 Å². The van der Waals surface area contributed by atoms with E-state index in [1.807, 2.05) is 6.92 Å². The molecule has 4 rings (SSSR count). The van der Waals surface area contributed by atoms with Crippen molar-refractivity contribution < 1.29 is 27.5 Å². The number of nitrogens with zero attached hydrogens (tertiary/aromatic N) is 1. The summed E-state index contributed by atoms with van der Waals surface area (Å²) in [7, 11) is 1.30. The summed E-state index contributed by atoms with van der Waals surface area (Å²) in [5.41, 5.74) is -0.755. The number of hydrogen-bond donors (Lipinski definition) is 1. The predicted octanol–water partition coefficient (Wildman–Crippen LogP) is 3.33. The maximum absolute atomic E-state index is 13.0. The number of methoxy groups -OCH3 is 1.